The van der Waals surface area contributed by atoms with Crippen LogP contribution in [0.15, 0.2) is 0 Å². The minimum absolute atomic E-state index is 0.150. The summed E-state index contributed by atoms with van der Waals surface area (Å²) in [5, 5.41) is 4.85. The van der Waals surface area contributed by atoms with Crippen molar-refractivity contribution in [3.63, 3.8) is 0 Å². The Kier molecular flexibility index (Phi) is 5.31. The minimum atomic E-state index is 0.150. The summed E-state index contributed by atoms with van der Waals surface area (Å²) >= 11 is 1.89. The van der Waals surface area contributed by atoms with Gasteiger partial charge in [-0.1, -0.05) is 13.8 Å². The Morgan fingerprint density at radius 2 is 2.05 bits per heavy atom. The molecule has 0 saturated carbocycles. The van der Waals surface area contributed by atoms with Gasteiger partial charge in [0.25, 0.3) is 0 Å². The molecule has 0 bridgehead atoms. The molecule has 1 atom stereocenters. The monoisotopic (exact) mass is 309 g/mol. The van der Waals surface area contributed by atoms with Crippen LogP contribution in [0.2, 0.25) is 0 Å². The summed E-state index contributed by atoms with van der Waals surface area (Å²) in [5.74, 6) is 0.492. The highest BCUT2D eigenvalue weighted by molar-refractivity contribution is 7.15. The predicted molar refractivity (Wildman–Crippen MR) is 93.5 cm³/mol. The number of hydrogen-bond donors (Lipinski definition) is 1. The van der Waals surface area contributed by atoms with Gasteiger partial charge in [0.2, 0.25) is 0 Å². The maximum Gasteiger partial charge on any atom is 0.186 e. The highest BCUT2D eigenvalue weighted by Crippen LogP contribution is 2.34. The molecular weight excluding hydrogens is 278 g/mol. The second kappa shape index (κ2) is 6.66. The van der Waals surface area contributed by atoms with Gasteiger partial charge in [-0.3, -0.25) is 0 Å². The Hall–Kier alpha value is -0.610. The summed E-state index contributed by atoms with van der Waals surface area (Å²) in [7, 11) is 0. The summed E-state index contributed by atoms with van der Waals surface area (Å²) in [5.41, 5.74) is 1.43. The van der Waals surface area contributed by atoms with Crippen LogP contribution in [0.1, 0.15) is 77.3 Å². The van der Waals surface area contributed by atoms with Gasteiger partial charge in [0.15, 0.2) is 5.13 Å². The van der Waals surface area contributed by atoms with Crippen LogP contribution in [0.5, 0.6) is 0 Å². The van der Waals surface area contributed by atoms with Crippen molar-refractivity contribution < 1.29 is 0 Å². The van der Waals surface area contributed by atoms with Crippen molar-refractivity contribution >= 4 is 16.5 Å². The number of hydrogen-bond acceptors (Lipinski definition) is 4. The zero-order valence-corrected chi connectivity index (χ0v) is 15.3. The summed E-state index contributed by atoms with van der Waals surface area (Å²) in [6.07, 6.45) is 3.96. The van der Waals surface area contributed by atoms with Crippen LogP contribution >= 0.6 is 11.3 Å². The average molecular weight is 310 g/mol. The largest absolute Gasteiger partial charge is 0.345 e. The number of nitrogens with zero attached hydrogens (tertiary/aromatic N) is 2. The lowest BCUT2D eigenvalue weighted by Crippen LogP contribution is -2.37. The summed E-state index contributed by atoms with van der Waals surface area (Å²) in [6, 6.07) is 0.633. The molecule has 3 nitrogen and oxygen atoms in total. The van der Waals surface area contributed by atoms with Crippen molar-refractivity contribution in [2.24, 2.45) is 0 Å². The van der Waals surface area contributed by atoms with E-state index in [1.807, 2.05) is 11.3 Å². The molecule has 1 unspecified atom stereocenters. The molecule has 21 heavy (non-hydrogen) atoms. The molecule has 1 aromatic heterocycles. The molecule has 120 valence electrons. The molecule has 1 aliphatic heterocycles. The molecule has 1 saturated heterocycles. The maximum atomic E-state index is 4.99. The van der Waals surface area contributed by atoms with Gasteiger partial charge in [-0.25, -0.2) is 4.98 Å². The van der Waals surface area contributed by atoms with E-state index in [1.54, 1.807) is 0 Å². The first kappa shape index (κ1) is 16.8. The lowest BCUT2D eigenvalue weighted by atomic mass is 10.0. The van der Waals surface area contributed by atoms with Gasteiger partial charge in [0.05, 0.1) is 5.69 Å². The van der Waals surface area contributed by atoms with Crippen LogP contribution in [0.4, 0.5) is 5.13 Å². The highest BCUT2D eigenvalue weighted by atomic mass is 32.1. The third-order valence-corrected chi connectivity index (χ3v) is 5.20. The Labute approximate surface area is 134 Å². The van der Waals surface area contributed by atoms with E-state index in [-0.39, 0.29) is 5.54 Å². The second-order valence-corrected chi connectivity index (χ2v) is 8.66. The van der Waals surface area contributed by atoms with Gasteiger partial charge < -0.3 is 10.2 Å². The van der Waals surface area contributed by atoms with E-state index in [0.29, 0.717) is 12.0 Å². The van der Waals surface area contributed by atoms with E-state index >= 15 is 0 Å². The average Bonchev–Trinajstić information content (AvgIpc) is 2.80. The zero-order chi connectivity index (χ0) is 15.6. The van der Waals surface area contributed by atoms with Crippen molar-refractivity contribution in [2.45, 2.75) is 84.8 Å². The van der Waals surface area contributed by atoms with E-state index in [1.165, 1.54) is 41.5 Å². The predicted octanol–water partition coefficient (Wildman–Crippen LogP) is 4.53. The topological polar surface area (TPSA) is 28.2 Å². The second-order valence-electron chi connectivity index (χ2n) is 7.60. The molecule has 1 aromatic rings. The van der Waals surface area contributed by atoms with Crippen LogP contribution < -0.4 is 10.2 Å². The number of rotatable bonds is 4. The molecule has 0 aromatic carbocycles. The SMILES string of the molecule is CC(C)c1nc(N2CCCCC2C)sc1CNC(C)(C)C. The Morgan fingerprint density at radius 1 is 1.33 bits per heavy atom. The van der Waals surface area contributed by atoms with Gasteiger partial charge in [0, 0.05) is 29.5 Å². The van der Waals surface area contributed by atoms with E-state index in [4.69, 9.17) is 4.98 Å². The fourth-order valence-electron chi connectivity index (χ4n) is 2.78. The third kappa shape index (κ3) is 4.43. The fourth-order valence-corrected chi connectivity index (χ4v) is 4.06. The molecule has 0 aliphatic carbocycles. The first-order valence-corrected chi connectivity index (χ1v) is 9.11. The Morgan fingerprint density at radius 3 is 2.62 bits per heavy atom. The van der Waals surface area contributed by atoms with Crippen molar-refractivity contribution in [3.8, 4) is 0 Å². The third-order valence-electron chi connectivity index (χ3n) is 4.09. The molecule has 2 rings (SSSR count). The van der Waals surface area contributed by atoms with E-state index < -0.39 is 0 Å². The van der Waals surface area contributed by atoms with Crippen LogP contribution in [0.3, 0.4) is 0 Å². The van der Waals surface area contributed by atoms with Crippen LogP contribution in [0.25, 0.3) is 0 Å². The molecule has 1 N–H and O–H groups in total. The first-order chi connectivity index (χ1) is 9.78. The van der Waals surface area contributed by atoms with Crippen LogP contribution in [-0.4, -0.2) is 23.1 Å². The minimum Gasteiger partial charge on any atom is -0.345 e. The normalized spacial score (nSPS) is 20.3. The molecule has 1 aliphatic rings. The smallest absolute Gasteiger partial charge is 0.186 e. The number of piperidine rings is 1. The van der Waals surface area contributed by atoms with E-state index in [2.05, 4.69) is 51.8 Å². The van der Waals surface area contributed by atoms with Gasteiger partial charge in [-0.2, -0.15) is 0 Å². The number of aromatic nitrogens is 1. The Balaban J connectivity index is 2.20. The lowest BCUT2D eigenvalue weighted by Gasteiger charge is -2.33. The molecule has 4 heteroatoms. The van der Waals surface area contributed by atoms with E-state index in [9.17, 15) is 0 Å². The molecule has 0 spiro atoms. The number of anilines is 1. The first-order valence-electron chi connectivity index (χ1n) is 8.29. The summed E-state index contributed by atoms with van der Waals surface area (Å²) in [6.45, 7) is 15.6. The molecule has 0 radical (unpaired) electrons. The van der Waals surface area contributed by atoms with E-state index in [0.717, 1.165) is 6.54 Å². The highest BCUT2D eigenvalue weighted by Gasteiger charge is 2.24. The standard InChI is InChI=1S/C17H31N3S/c1-12(2)15-14(11-18-17(4,5)6)21-16(19-15)20-10-8-7-9-13(20)3/h12-13,18H,7-11H2,1-6H3. The zero-order valence-electron chi connectivity index (χ0n) is 14.5. The molecule has 1 fully saturated rings. The number of thiazole rings is 1. The molecular formula is C17H31N3S. The van der Waals surface area contributed by atoms with Gasteiger partial charge in [-0.05, 0) is 52.9 Å². The van der Waals surface area contributed by atoms with Gasteiger partial charge in [0.1, 0.15) is 0 Å². The maximum absolute atomic E-state index is 4.99. The summed E-state index contributed by atoms with van der Waals surface area (Å²) in [4.78, 5) is 8.91. The van der Waals surface area contributed by atoms with Gasteiger partial charge >= 0.3 is 0 Å². The van der Waals surface area contributed by atoms with Crippen LogP contribution in [-0.2, 0) is 6.54 Å². The van der Waals surface area contributed by atoms with Crippen molar-refractivity contribution in [1.29, 1.82) is 0 Å². The van der Waals surface area contributed by atoms with Crippen molar-refractivity contribution in [1.82, 2.24) is 10.3 Å². The molecule has 2 heterocycles. The molecule has 0 amide bonds. The van der Waals surface area contributed by atoms with Crippen molar-refractivity contribution in [2.75, 3.05) is 11.4 Å². The quantitative estimate of drug-likeness (QED) is 0.885. The van der Waals surface area contributed by atoms with Crippen molar-refractivity contribution in [3.05, 3.63) is 10.6 Å². The number of nitrogens with one attached hydrogen (secondary N) is 1. The lowest BCUT2D eigenvalue weighted by molar-refractivity contribution is 0.425. The summed E-state index contributed by atoms with van der Waals surface area (Å²) < 4.78 is 0. The fraction of sp³-hybridized carbons (Fsp3) is 0.824. The van der Waals surface area contributed by atoms with Gasteiger partial charge in [-0.15, -0.1) is 11.3 Å². The Bertz CT molecular complexity index is 459. The van der Waals surface area contributed by atoms with Crippen LogP contribution in [0, 0.1) is 0 Å².